The molecule has 0 aromatic heterocycles. The molecule has 1 rings (SSSR count). The van der Waals surface area contributed by atoms with Crippen LogP contribution in [0.15, 0.2) is 22.7 Å². The number of benzene rings is 1. The van der Waals surface area contributed by atoms with E-state index in [0.29, 0.717) is 11.4 Å². The summed E-state index contributed by atoms with van der Waals surface area (Å²) in [5.74, 6) is 0.750. The van der Waals surface area contributed by atoms with Gasteiger partial charge < -0.3 is 5.32 Å². The zero-order valence-corrected chi connectivity index (χ0v) is 12.6. The van der Waals surface area contributed by atoms with Gasteiger partial charge in [-0.25, -0.2) is 0 Å². The molecule has 0 fully saturated rings. The second kappa shape index (κ2) is 6.41. The van der Waals surface area contributed by atoms with Crippen molar-refractivity contribution in [3.8, 4) is 0 Å². The van der Waals surface area contributed by atoms with Gasteiger partial charge in [0.2, 0.25) is 0 Å². The molecule has 0 radical (unpaired) electrons. The second-order valence-corrected chi connectivity index (χ2v) is 5.47. The zero-order chi connectivity index (χ0) is 13.0. The maximum Gasteiger partial charge on any atom is 0.251 e. The van der Waals surface area contributed by atoms with Crippen LogP contribution in [0.2, 0.25) is 0 Å². The lowest BCUT2D eigenvalue weighted by atomic mass is 10.0. The van der Waals surface area contributed by atoms with E-state index in [9.17, 15) is 4.79 Å². The summed E-state index contributed by atoms with van der Waals surface area (Å²) in [6, 6.07) is 5.69. The Labute approximate surface area is 116 Å². The Morgan fingerprint density at radius 3 is 2.71 bits per heavy atom. The second-order valence-electron chi connectivity index (χ2n) is 4.31. The lowest BCUT2D eigenvalue weighted by Crippen LogP contribution is -2.38. The van der Waals surface area contributed by atoms with Gasteiger partial charge >= 0.3 is 0 Å². The Kier molecular flexibility index (Phi) is 5.47. The number of hydrogen-bond acceptors (Lipinski definition) is 1. The zero-order valence-electron chi connectivity index (χ0n) is 10.3. The first kappa shape index (κ1) is 14.5. The lowest BCUT2D eigenvalue weighted by molar-refractivity contribution is 0.0930. The first-order valence-electron chi connectivity index (χ1n) is 5.59. The molecule has 94 valence electrons. The highest BCUT2D eigenvalue weighted by Crippen LogP contribution is 2.19. The van der Waals surface area contributed by atoms with Gasteiger partial charge in [0.1, 0.15) is 0 Å². The van der Waals surface area contributed by atoms with Gasteiger partial charge in [-0.2, -0.15) is 0 Å². The predicted molar refractivity (Wildman–Crippen MR) is 75.7 cm³/mol. The molecule has 2 unspecified atom stereocenters. The van der Waals surface area contributed by atoms with Gasteiger partial charge in [-0.1, -0.05) is 28.9 Å². The molecule has 4 heteroatoms. The molecule has 17 heavy (non-hydrogen) atoms. The maximum atomic E-state index is 12.1. The first-order valence-corrected chi connectivity index (χ1v) is 6.92. The molecule has 0 spiro atoms. The highest BCUT2D eigenvalue weighted by molar-refractivity contribution is 9.10. The molecule has 1 aromatic carbocycles. The molecule has 1 amide bonds. The Morgan fingerprint density at radius 1 is 1.47 bits per heavy atom. The van der Waals surface area contributed by atoms with Gasteiger partial charge in [-0.15, -0.1) is 11.6 Å². The highest BCUT2D eigenvalue weighted by atomic mass is 79.9. The molecule has 0 bridgehead atoms. The van der Waals surface area contributed by atoms with Crippen molar-refractivity contribution in [1.29, 1.82) is 0 Å². The number of rotatable bonds is 4. The molecule has 2 nitrogen and oxygen atoms in total. The number of amides is 1. The van der Waals surface area contributed by atoms with Gasteiger partial charge in [0, 0.05) is 22.0 Å². The number of nitrogens with one attached hydrogen (secondary N) is 1. The summed E-state index contributed by atoms with van der Waals surface area (Å²) >= 11 is 9.20. The van der Waals surface area contributed by atoms with Crippen LogP contribution in [0.3, 0.4) is 0 Å². The SMILES string of the molecule is Cc1c(Br)cccc1C(=O)NC(C)C(C)CCl. The van der Waals surface area contributed by atoms with E-state index in [1.807, 2.05) is 39.0 Å². The summed E-state index contributed by atoms with van der Waals surface area (Å²) in [5, 5.41) is 2.97. The first-order chi connectivity index (χ1) is 7.97. The molecule has 0 aliphatic carbocycles. The van der Waals surface area contributed by atoms with Crippen LogP contribution in [-0.2, 0) is 0 Å². The molecular formula is C13H17BrClNO. The summed E-state index contributed by atoms with van der Waals surface area (Å²) in [5.41, 5.74) is 1.66. The summed E-state index contributed by atoms with van der Waals surface area (Å²) in [6.07, 6.45) is 0. The van der Waals surface area contributed by atoms with Gasteiger partial charge in [0.15, 0.2) is 0 Å². The van der Waals surface area contributed by atoms with Gasteiger partial charge in [0.05, 0.1) is 0 Å². The Bertz CT molecular complexity index is 408. The minimum absolute atomic E-state index is 0.0479. The van der Waals surface area contributed by atoms with E-state index >= 15 is 0 Å². The van der Waals surface area contributed by atoms with E-state index in [4.69, 9.17) is 11.6 Å². The fourth-order valence-corrected chi connectivity index (χ4v) is 2.05. The predicted octanol–water partition coefficient (Wildman–Crippen LogP) is 3.75. The third-order valence-corrected chi connectivity index (χ3v) is 4.31. The molecule has 2 atom stereocenters. The van der Waals surface area contributed by atoms with Gasteiger partial charge in [0.25, 0.3) is 5.91 Å². The molecule has 0 saturated carbocycles. The quantitative estimate of drug-likeness (QED) is 0.842. The molecule has 1 aromatic rings. The van der Waals surface area contributed by atoms with E-state index in [1.54, 1.807) is 0 Å². The smallest absolute Gasteiger partial charge is 0.251 e. The topological polar surface area (TPSA) is 29.1 Å². The van der Waals surface area contributed by atoms with Gasteiger partial charge in [-0.3, -0.25) is 4.79 Å². The third kappa shape index (κ3) is 3.71. The minimum atomic E-state index is -0.0479. The van der Waals surface area contributed by atoms with Crippen LogP contribution in [0.5, 0.6) is 0 Å². The van der Waals surface area contributed by atoms with Crippen molar-refractivity contribution in [3.05, 3.63) is 33.8 Å². The monoisotopic (exact) mass is 317 g/mol. The minimum Gasteiger partial charge on any atom is -0.349 e. The Morgan fingerprint density at radius 2 is 2.12 bits per heavy atom. The average molecular weight is 319 g/mol. The van der Waals surface area contributed by atoms with E-state index in [1.165, 1.54) is 0 Å². The van der Waals surface area contributed by atoms with Crippen molar-refractivity contribution in [2.24, 2.45) is 5.92 Å². The van der Waals surface area contributed by atoms with E-state index in [0.717, 1.165) is 10.0 Å². The number of alkyl halides is 1. The fourth-order valence-electron chi connectivity index (χ4n) is 1.41. The van der Waals surface area contributed by atoms with Crippen molar-refractivity contribution in [2.75, 3.05) is 5.88 Å². The largest absolute Gasteiger partial charge is 0.349 e. The number of carbonyl (C=O) groups is 1. The van der Waals surface area contributed by atoms with Crippen LogP contribution < -0.4 is 5.32 Å². The van der Waals surface area contributed by atoms with Crippen molar-refractivity contribution in [1.82, 2.24) is 5.32 Å². The van der Waals surface area contributed by atoms with Crippen LogP contribution in [0.4, 0.5) is 0 Å². The maximum absolute atomic E-state index is 12.1. The standard InChI is InChI=1S/C13H17BrClNO/c1-8(7-15)10(3)16-13(17)11-5-4-6-12(14)9(11)2/h4-6,8,10H,7H2,1-3H3,(H,16,17). The third-order valence-electron chi connectivity index (χ3n) is 2.97. The van der Waals surface area contributed by atoms with Crippen molar-refractivity contribution < 1.29 is 4.79 Å². The Hall–Kier alpha value is -0.540. The van der Waals surface area contributed by atoms with Gasteiger partial charge in [-0.05, 0) is 37.5 Å². The van der Waals surface area contributed by atoms with Crippen LogP contribution in [-0.4, -0.2) is 17.8 Å². The van der Waals surface area contributed by atoms with Crippen molar-refractivity contribution in [2.45, 2.75) is 26.8 Å². The van der Waals surface area contributed by atoms with E-state index in [-0.39, 0.29) is 17.9 Å². The van der Waals surface area contributed by atoms with Crippen LogP contribution in [0.25, 0.3) is 0 Å². The molecule has 1 N–H and O–H groups in total. The molecule has 0 saturated heterocycles. The summed E-state index contributed by atoms with van der Waals surface area (Å²) in [4.78, 5) is 12.1. The molecule has 0 heterocycles. The molecule has 0 aliphatic rings. The lowest BCUT2D eigenvalue weighted by Gasteiger charge is -2.19. The van der Waals surface area contributed by atoms with E-state index < -0.39 is 0 Å². The van der Waals surface area contributed by atoms with Crippen LogP contribution in [0, 0.1) is 12.8 Å². The van der Waals surface area contributed by atoms with Crippen LogP contribution in [0.1, 0.15) is 29.8 Å². The highest BCUT2D eigenvalue weighted by Gasteiger charge is 2.16. The molecule has 0 aliphatic heterocycles. The Balaban J connectivity index is 2.80. The summed E-state index contributed by atoms with van der Waals surface area (Å²) in [7, 11) is 0. The summed E-state index contributed by atoms with van der Waals surface area (Å²) in [6.45, 7) is 5.92. The average Bonchev–Trinajstić information content (AvgIpc) is 2.31. The molecular weight excluding hydrogens is 302 g/mol. The normalized spacial score (nSPS) is 14.2. The van der Waals surface area contributed by atoms with Crippen LogP contribution >= 0.6 is 27.5 Å². The van der Waals surface area contributed by atoms with Crippen molar-refractivity contribution in [3.63, 3.8) is 0 Å². The number of hydrogen-bond donors (Lipinski definition) is 1. The fraction of sp³-hybridized carbons (Fsp3) is 0.462. The number of carbonyl (C=O) groups excluding carboxylic acids is 1. The van der Waals surface area contributed by atoms with E-state index in [2.05, 4.69) is 21.2 Å². The van der Waals surface area contributed by atoms with Crippen molar-refractivity contribution >= 4 is 33.4 Å². The number of halogens is 2. The summed E-state index contributed by atoms with van der Waals surface area (Å²) < 4.78 is 0.947.